The molecule has 0 saturated heterocycles. The highest BCUT2D eigenvalue weighted by Gasteiger charge is 2.23. The van der Waals surface area contributed by atoms with Crippen LogP contribution in [0.4, 0.5) is 5.69 Å². The Morgan fingerprint density at radius 1 is 1.24 bits per heavy atom. The van der Waals surface area contributed by atoms with Gasteiger partial charge in [-0.1, -0.05) is 32.8 Å². The lowest BCUT2D eigenvalue weighted by Gasteiger charge is -2.22. The van der Waals surface area contributed by atoms with Gasteiger partial charge >= 0.3 is 0 Å². The number of nitrogens with zero attached hydrogens (tertiary/aromatic N) is 2. The third-order valence-electron chi connectivity index (χ3n) is 5.81. The fraction of sp³-hybridized carbons (Fsp3) is 0.522. The lowest BCUT2D eigenvalue weighted by atomic mass is 10.0. The first-order chi connectivity index (χ1) is 13.8. The minimum absolute atomic E-state index is 0.0330. The van der Waals surface area contributed by atoms with Gasteiger partial charge in [0.1, 0.15) is 5.82 Å². The summed E-state index contributed by atoms with van der Waals surface area (Å²) in [5, 5.41) is 6.11. The standard InChI is InChI=1S/C23H32N4O2/c1-15(2)21(22-24-11-12-27(22)4)26-23(29)18-10-9-16(3)19(14-18)25-20(28)13-17-7-5-6-8-17/h9-12,14-15,17,21H,5-8,13H2,1-4H3,(H,25,28)(H,26,29). The van der Waals surface area contributed by atoms with Crippen LogP contribution in [0.2, 0.25) is 0 Å². The van der Waals surface area contributed by atoms with E-state index < -0.39 is 0 Å². The van der Waals surface area contributed by atoms with Gasteiger partial charge in [-0.3, -0.25) is 9.59 Å². The molecular weight excluding hydrogens is 364 g/mol. The van der Waals surface area contributed by atoms with E-state index >= 15 is 0 Å². The van der Waals surface area contributed by atoms with Crippen molar-refractivity contribution in [1.82, 2.24) is 14.9 Å². The molecule has 1 aromatic carbocycles. The maximum Gasteiger partial charge on any atom is 0.251 e. The molecule has 1 aliphatic carbocycles. The minimum Gasteiger partial charge on any atom is -0.342 e. The van der Waals surface area contributed by atoms with Crippen molar-refractivity contribution in [1.29, 1.82) is 0 Å². The molecule has 1 unspecified atom stereocenters. The zero-order chi connectivity index (χ0) is 21.0. The van der Waals surface area contributed by atoms with Gasteiger partial charge < -0.3 is 15.2 Å². The Morgan fingerprint density at radius 2 is 1.97 bits per heavy atom. The van der Waals surface area contributed by atoms with Crippen LogP contribution < -0.4 is 10.6 Å². The van der Waals surface area contributed by atoms with Gasteiger partial charge in [0, 0.05) is 37.1 Å². The van der Waals surface area contributed by atoms with Crippen molar-refractivity contribution in [2.24, 2.45) is 18.9 Å². The van der Waals surface area contributed by atoms with Crippen molar-refractivity contribution in [3.63, 3.8) is 0 Å². The predicted molar refractivity (Wildman–Crippen MR) is 115 cm³/mol. The number of benzene rings is 1. The summed E-state index contributed by atoms with van der Waals surface area (Å²) in [7, 11) is 1.92. The molecule has 156 valence electrons. The topological polar surface area (TPSA) is 76.0 Å². The molecule has 6 nitrogen and oxygen atoms in total. The van der Waals surface area contributed by atoms with Gasteiger partial charge in [0.25, 0.3) is 5.91 Å². The van der Waals surface area contributed by atoms with Gasteiger partial charge in [-0.05, 0) is 49.3 Å². The summed E-state index contributed by atoms with van der Waals surface area (Å²) >= 11 is 0. The van der Waals surface area contributed by atoms with Crippen LogP contribution in [-0.2, 0) is 11.8 Å². The number of amides is 2. The Morgan fingerprint density at radius 3 is 2.59 bits per heavy atom. The van der Waals surface area contributed by atoms with Crippen LogP contribution in [0.15, 0.2) is 30.6 Å². The monoisotopic (exact) mass is 396 g/mol. The molecule has 2 amide bonds. The number of nitrogens with one attached hydrogen (secondary N) is 2. The largest absolute Gasteiger partial charge is 0.342 e. The van der Waals surface area contributed by atoms with Crippen molar-refractivity contribution in [3.8, 4) is 0 Å². The van der Waals surface area contributed by atoms with Crippen LogP contribution in [0.5, 0.6) is 0 Å². The van der Waals surface area contributed by atoms with Gasteiger partial charge in [-0.2, -0.15) is 0 Å². The highest BCUT2D eigenvalue weighted by atomic mass is 16.2. The molecule has 1 fully saturated rings. The van der Waals surface area contributed by atoms with E-state index in [0.717, 1.165) is 24.2 Å². The molecule has 1 saturated carbocycles. The second-order valence-corrected chi connectivity index (χ2v) is 8.52. The Bertz CT molecular complexity index is 866. The summed E-state index contributed by atoms with van der Waals surface area (Å²) in [5.41, 5.74) is 2.19. The second-order valence-electron chi connectivity index (χ2n) is 8.52. The summed E-state index contributed by atoms with van der Waals surface area (Å²) in [6, 6.07) is 5.26. The summed E-state index contributed by atoms with van der Waals surface area (Å²) in [6.07, 6.45) is 8.89. The molecule has 2 aromatic rings. The number of hydrogen-bond acceptors (Lipinski definition) is 3. The van der Waals surface area contributed by atoms with Crippen LogP contribution >= 0.6 is 0 Å². The molecule has 3 rings (SSSR count). The number of imidazole rings is 1. The average Bonchev–Trinajstić information content (AvgIpc) is 3.32. The zero-order valence-corrected chi connectivity index (χ0v) is 17.9. The molecule has 2 N–H and O–H groups in total. The Kier molecular flexibility index (Phi) is 6.72. The fourth-order valence-electron chi connectivity index (χ4n) is 4.01. The quantitative estimate of drug-likeness (QED) is 0.729. The Balaban J connectivity index is 1.71. The van der Waals surface area contributed by atoms with Gasteiger partial charge in [-0.15, -0.1) is 0 Å². The number of carbonyl (C=O) groups is 2. The molecule has 1 atom stereocenters. The van der Waals surface area contributed by atoms with E-state index in [-0.39, 0.29) is 23.8 Å². The Hall–Kier alpha value is -2.63. The fourth-order valence-corrected chi connectivity index (χ4v) is 4.01. The summed E-state index contributed by atoms with van der Waals surface area (Å²) < 4.78 is 1.93. The molecular formula is C23H32N4O2. The molecule has 29 heavy (non-hydrogen) atoms. The summed E-state index contributed by atoms with van der Waals surface area (Å²) in [6.45, 7) is 6.06. The summed E-state index contributed by atoms with van der Waals surface area (Å²) in [5.74, 6) is 1.37. The molecule has 6 heteroatoms. The van der Waals surface area contributed by atoms with E-state index in [1.807, 2.05) is 30.8 Å². The summed E-state index contributed by atoms with van der Waals surface area (Å²) in [4.78, 5) is 29.8. The minimum atomic E-state index is -0.191. The number of carbonyl (C=O) groups excluding carboxylic acids is 2. The van der Waals surface area contributed by atoms with Crippen molar-refractivity contribution >= 4 is 17.5 Å². The highest BCUT2D eigenvalue weighted by Crippen LogP contribution is 2.28. The lowest BCUT2D eigenvalue weighted by Crippen LogP contribution is -2.33. The predicted octanol–water partition coefficient (Wildman–Crippen LogP) is 4.37. The van der Waals surface area contributed by atoms with Gasteiger partial charge in [0.05, 0.1) is 6.04 Å². The third-order valence-corrected chi connectivity index (χ3v) is 5.81. The normalized spacial score (nSPS) is 15.5. The van der Waals surface area contributed by atoms with E-state index in [4.69, 9.17) is 0 Å². The van der Waals surface area contributed by atoms with Crippen molar-refractivity contribution in [2.75, 3.05) is 5.32 Å². The molecule has 0 bridgehead atoms. The number of rotatable bonds is 7. The van der Waals surface area contributed by atoms with Crippen LogP contribution in [0.1, 0.15) is 73.7 Å². The molecule has 1 aromatic heterocycles. The third kappa shape index (κ3) is 5.25. The number of aromatic nitrogens is 2. The van der Waals surface area contributed by atoms with Crippen LogP contribution in [0.3, 0.4) is 0 Å². The van der Waals surface area contributed by atoms with E-state index in [0.29, 0.717) is 23.6 Å². The van der Waals surface area contributed by atoms with Gasteiger partial charge in [0.15, 0.2) is 0 Å². The molecule has 1 heterocycles. The van der Waals surface area contributed by atoms with Crippen LogP contribution in [0, 0.1) is 18.8 Å². The zero-order valence-electron chi connectivity index (χ0n) is 17.9. The van der Waals surface area contributed by atoms with Gasteiger partial charge in [0.2, 0.25) is 5.91 Å². The van der Waals surface area contributed by atoms with E-state index in [9.17, 15) is 9.59 Å². The van der Waals surface area contributed by atoms with E-state index in [1.165, 1.54) is 12.8 Å². The van der Waals surface area contributed by atoms with Gasteiger partial charge in [-0.25, -0.2) is 4.98 Å². The van der Waals surface area contributed by atoms with E-state index in [2.05, 4.69) is 29.5 Å². The lowest BCUT2D eigenvalue weighted by molar-refractivity contribution is -0.117. The smallest absolute Gasteiger partial charge is 0.251 e. The first-order valence-corrected chi connectivity index (χ1v) is 10.5. The number of aryl methyl sites for hydroxylation is 2. The molecule has 1 aliphatic rings. The van der Waals surface area contributed by atoms with Crippen LogP contribution in [-0.4, -0.2) is 21.4 Å². The van der Waals surface area contributed by atoms with Crippen LogP contribution in [0.25, 0.3) is 0 Å². The maximum atomic E-state index is 12.9. The highest BCUT2D eigenvalue weighted by molar-refractivity contribution is 5.98. The van der Waals surface area contributed by atoms with Crippen molar-refractivity contribution in [3.05, 3.63) is 47.5 Å². The number of anilines is 1. The van der Waals surface area contributed by atoms with Crippen molar-refractivity contribution in [2.45, 2.75) is 58.9 Å². The first-order valence-electron chi connectivity index (χ1n) is 10.5. The molecule has 0 aliphatic heterocycles. The molecule has 0 spiro atoms. The SMILES string of the molecule is Cc1ccc(C(=O)NC(c2nccn2C)C(C)C)cc1NC(=O)CC1CCCC1. The first kappa shape index (κ1) is 21.1. The number of hydrogen-bond donors (Lipinski definition) is 2. The average molecular weight is 397 g/mol. The van der Waals surface area contributed by atoms with Crippen molar-refractivity contribution < 1.29 is 9.59 Å². The maximum absolute atomic E-state index is 12.9. The Labute approximate surface area is 173 Å². The van der Waals surface area contributed by atoms with E-state index in [1.54, 1.807) is 18.3 Å². The molecule has 0 radical (unpaired) electrons. The second kappa shape index (κ2) is 9.25.